The quantitative estimate of drug-likeness (QED) is 0.597. The molecule has 0 bridgehead atoms. The Hall–Kier alpha value is -1.44. The minimum absolute atomic E-state index is 0.0824. The summed E-state index contributed by atoms with van der Waals surface area (Å²) in [6.45, 7) is 1.55. The zero-order chi connectivity index (χ0) is 8.97. The third-order valence-corrected chi connectivity index (χ3v) is 1.57. The molecule has 0 spiro atoms. The van der Waals surface area contributed by atoms with E-state index < -0.39 is 0 Å². The van der Waals surface area contributed by atoms with E-state index in [1.54, 1.807) is 32.4 Å². The van der Waals surface area contributed by atoms with Gasteiger partial charge in [-0.15, -0.1) is 0 Å². The molecule has 1 aromatic carbocycles. The summed E-state index contributed by atoms with van der Waals surface area (Å²) in [5.74, 6) is 0.0824. The van der Waals surface area contributed by atoms with E-state index in [1.165, 1.54) is 0 Å². The van der Waals surface area contributed by atoms with Crippen molar-refractivity contribution in [2.75, 3.05) is 7.11 Å². The minimum atomic E-state index is 0.0824. The second-order valence-electron chi connectivity index (χ2n) is 2.53. The molecule has 0 aliphatic heterocycles. The summed E-state index contributed by atoms with van der Waals surface area (Å²) in [5, 5.41) is 12.6. The first-order valence-corrected chi connectivity index (χ1v) is 3.71. The molecule has 0 aliphatic carbocycles. The Bertz CT molecular complexity index is 338. The van der Waals surface area contributed by atoms with Gasteiger partial charge in [0.25, 0.3) is 0 Å². The summed E-state index contributed by atoms with van der Waals surface area (Å²) in [6.07, 6.45) is 1.63. The molecule has 1 radical (unpaired) electrons. The van der Waals surface area contributed by atoms with Crippen LogP contribution in [0.15, 0.2) is 24.3 Å². The SMILES string of the molecule is COC=c1ccc(=C(C)[O])cc1. The standard InChI is InChI=1S/C10H11O2/c1-8(11)10-5-3-9(4-6-10)7-12-2/h3-7H,1-2H3. The fourth-order valence-corrected chi connectivity index (χ4v) is 0.932. The highest BCUT2D eigenvalue weighted by Gasteiger charge is 1.86. The van der Waals surface area contributed by atoms with Crippen molar-refractivity contribution >= 4 is 12.0 Å². The first-order valence-electron chi connectivity index (χ1n) is 3.71. The van der Waals surface area contributed by atoms with E-state index in [0.29, 0.717) is 0 Å². The summed E-state index contributed by atoms with van der Waals surface area (Å²) < 4.78 is 4.82. The van der Waals surface area contributed by atoms with Crippen LogP contribution in [0.2, 0.25) is 0 Å². The molecular weight excluding hydrogens is 152 g/mol. The van der Waals surface area contributed by atoms with E-state index in [0.717, 1.165) is 10.4 Å². The smallest absolute Gasteiger partial charge is 0.159 e. The maximum Gasteiger partial charge on any atom is 0.159 e. The van der Waals surface area contributed by atoms with E-state index in [4.69, 9.17) is 4.74 Å². The monoisotopic (exact) mass is 163 g/mol. The highest BCUT2D eigenvalue weighted by molar-refractivity contribution is 5.31. The van der Waals surface area contributed by atoms with E-state index >= 15 is 0 Å². The van der Waals surface area contributed by atoms with Gasteiger partial charge in [-0.05, 0) is 6.92 Å². The maximum absolute atomic E-state index is 10.9. The van der Waals surface area contributed by atoms with Gasteiger partial charge in [0.1, 0.15) is 0 Å². The van der Waals surface area contributed by atoms with Crippen LogP contribution in [0.1, 0.15) is 6.92 Å². The maximum atomic E-state index is 10.9. The molecule has 0 heterocycles. The second-order valence-corrected chi connectivity index (χ2v) is 2.53. The third-order valence-electron chi connectivity index (χ3n) is 1.57. The minimum Gasteiger partial charge on any atom is -0.504 e. The van der Waals surface area contributed by atoms with Gasteiger partial charge in [-0.25, -0.2) is 0 Å². The number of hydrogen-bond donors (Lipinski definition) is 0. The average Bonchev–Trinajstić information content (AvgIpc) is 2.06. The number of methoxy groups -OCH3 is 1. The van der Waals surface area contributed by atoms with Crippen LogP contribution in [0, 0.1) is 0 Å². The van der Waals surface area contributed by atoms with Gasteiger partial charge >= 0.3 is 0 Å². The summed E-state index contributed by atoms with van der Waals surface area (Å²) in [5.41, 5.74) is 0. The Labute approximate surface area is 71.4 Å². The first kappa shape index (κ1) is 8.65. The molecular formula is C10H11O2. The van der Waals surface area contributed by atoms with E-state index in [-0.39, 0.29) is 5.76 Å². The lowest BCUT2D eigenvalue weighted by molar-refractivity contribution is 0.378. The zero-order valence-corrected chi connectivity index (χ0v) is 7.20. The van der Waals surface area contributed by atoms with Gasteiger partial charge in [-0.1, -0.05) is 24.3 Å². The van der Waals surface area contributed by atoms with Gasteiger partial charge in [0.2, 0.25) is 0 Å². The van der Waals surface area contributed by atoms with Crippen molar-refractivity contribution in [3.8, 4) is 0 Å². The number of hydrogen-bond acceptors (Lipinski definition) is 1. The highest BCUT2D eigenvalue weighted by Crippen LogP contribution is 1.81. The largest absolute Gasteiger partial charge is 0.504 e. The van der Waals surface area contributed by atoms with Crippen molar-refractivity contribution in [2.24, 2.45) is 0 Å². The molecule has 0 aliphatic rings. The van der Waals surface area contributed by atoms with Crippen LogP contribution >= 0.6 is 0 Å². The highest BCUT2D eigenvalue weighted by atomic mass is 16.5. The van der Waals surface area contributed by atoms with Crippen LogP contribution in [-0.4, -0.2) is 7.11 Å². The van der Waals surface area contributed by atoms with Crippen molar-refractivity contribution in [3.63, 3.8) is 0 Å². The molecule has 2 heteroatoms. The number of benzene rings is 1. The van der Waals surface area contributed by atoms with Gasteiger partial charge in [0, 0.05) is 10.4 Å². The van der Waals surface area contributed by atoms with Gasteiger partial charge in [0.05, 0.1) is 13.4 Å². The Morgan fingerprint density at radius 2 is 1.92 bits per heavy atom. The fourth-order valence-electron chi connectivity index (χ4n) is 0.932. The zero-order valence-electron chi connectivity index (χ0n) is 7.20. The van der Waals surface area contributed by atoms with Crippen molar-refractivity contribution in [1.82, 2.24) is 0 Å². The van der Waals surface area contributed by atoms with E-state index in [9.17, 15) is 5.11 Å². The van der Waals surface area contributed by atoms with Crippen molar-refractivity contribution < 1.29 is 9.84 Å². The topological polar surface area (TPSA) is 29.1 Å². The van der Waals surface area contributed by atoms with Crippen LogP contribution in [0.5, 0.6) is 0 Å². The predicted molar refractivity (Wildman–Crippen MR) is 46.9 cm³/mol. The van der Waals surface area contributed by atoms with Crippen molar-refractivity contribution in [2.45, 2.75) is 6.92 Å². The summed E-state index contributed by atoms with van der Waals surface area (Å²) in [6, 6.07) is 7.26. The normalized spacial score (nSPS) is 9.17. The summed E-state index contributed by atoms with van der Waals surface area (Å²) in [4.78, 5) is 0. The van der Waals surface area contributed by atoms with Crippen LogP contribution in [0.4, 0.5) is 0 Å². The van der Waals surface area contributed by atoms with Gasteiger partial charge in [0.15, 0.2) is 5.76 Å². The second kappa shape index (κ2) is 3.81. The Balaban J connectivity index is 3.19. The molecule has 0 saturated heterocycles. The van der Waals surface area contributed by atoms with Crippen LogP contribution in [0.25, 0.3) is 12.0 Å². The lowest BCUT2D eigenvalue weighted by atomic mass is 10.2. The molecule has 0 saturated carbocycles. The molecule has 0 N–H and O–H groups in total. The van der Waals surface area contributed by atoms with Crippen LogP contribution in [-0.2, 0) is 9.84 Å². The van der Waals surface area contributed by atoms with E-state index in [2.05, 4.69) is 0 Å². The third kappa shape index (κ3) is 2.02. The number of rotatable bonds is 1. The molecule has 12 heavy (non-hydrogen) atoms. The molecule has 1 aromatic rings. The van der Waals surface area contributed by atoms with Crippen molar-refractivity contribution in [3.05, 3.63) is 34.7 Å². The van der Waals surface area contributed by atoms with E-state index in [1.807, 2.05) is 12.1 Å². The molecule has 1 rings (SSSR count). The van der Waals surface area contributed by atoms with Crippen LogP contribution < -0.4 is 10.4 Å². The van der Waals surface area contributed by atoms with Crippen LogP contribution in [0.3, 0.4) is 0 Å². The Kier molecular flexibility index (Phi) is 2.75. The van der Waals surface area contributed by atoms with Gasteiger partial charge in [-0.3, -0.25) is 5.11 Å². The Morgan fingerprint density at radius 3 is 2.33 bits per heavy atom. The predicted octanol–water partition coefficient (Wildman–Crippen LogP) is 0.630. The molecule has 0 atom stereocenters. The molecule has 2 nitrogen and oxygen atoms in total. The fraction of sp³-hybridized carbons (Fsp3) is 0.200. The number of ether oxygens (including phenoxy) is 1. The first-order chi connectivity index (χ1) is 5.74. The lowest BCUT2D eigenvalue weighted by Gasteiger charge is -1.88. The molecule has 0 fully saturated rings. The lowest BCUT2D eigenvalue weighted by Crippen LogP contribution is -2.08. The van der Waals surface area contributed by atoms with Crippen molar-refractivity contribution in [1.29, 1.82) is 0 Å². The van der Waals surface area contributed by atoms with Gasteiger partial charge in [-0.2, -0.15) is 0 Å². The summed E-state index contributed by atoms with van der Waals surface area (Å²) >= 11 is 0. The molecule has 0 unspecified atom stereocenters. The molecule has 0 amide bonds. The molecule has 0 aromatic heterocycles. The Morgan fingerprint density at radius 1 is 1.33 bits per heavy atom. The average molecular weight is 163 g/mol. The molecule has 63 valence electrons. The summed E-state index contributed by atoms with van der Waals surface area (Å²) in [7, 11) is 1.60. The van der Waals surface area contributed by atoms with Gasteiger partial charge < -0.3 is 4.74 Å².